The third kappa shape index (κ3) is 3.55. The minimum Gasteiger partial charge on any atom is -0.297 e. The van der Waals surface area contributed by atoms with Crippen molar-refractivity contribution in [1.29, 1.82) is 0 Å². The van der Waals surface area contributed by atoms with Gasteiger partial charge in [-0.25, -0.2) is 8.78 Å². The molecule has 1 heterocycles. The fourth-order valence-electron chi connectivity index (χ4n) is 3.59. The van der Waals surface area contributed by atoms with Crippen molar-refractivity contribution in [2.24, 2.45) is 5.92 Å². The molecule has 1 aliphatic carbocycles. The van der Waals surface area contributed by atoms with Crippen LogP contribution >= 0.6 is 0 Å². The standard InChI is InChI=1S/C17H20F4N2O/c1-10(24)22-17(20,21)12-6-7-23(16(19)8-12)15-9-14(15)11-2-4-13(18)5-3-11/h2-5,12,14-16H,6-9H2,1H3,(H,22,24). The van der Waals surface area contributed by atoms with E-state index < -0.39 is 24.2 Å². The van der Waals surface area contributed by atoms with E-state index in [0.717, 1.165) is 18.9 Å². The smallest absolute Gasteiger partial charge is 0.297 e. The first-order valence-corrected chi connectivity index (χ1v) is 8.10. The van der Waals surface area contributed by atoms with Crippen LogP contribution in [0.3, 0.4) is 0 Å². The summed E-state index contributed by atoms with van der Waals surface area (Å²) >= 11 is 0. The van der Waals surface area contributed by atoms with Gasteiger partial charge in [-0.3, -0.25) is 15.0 Å². The fourth-order valence-corrected chi connectivity index (χ4v) is 3.59. The minimum absolute atomic E-state index is 0.0270. The molecule has 3 nitrogen and oxygen atoms in total. The molecule has 1 aliphatic heterocycles. The highest BCUT2D eigenvalue weighted by atomic mass is 19.3. The van der Waals surface area contributed by atoms with Gasteiger partial charge in [-0.2, -0.15) is 8.78 Å². The second-order valence-corrected chi connectivity index (χ2v) is 6.66. The first-order chi connectivity index (χ1) is 11.3. The van der Waals surface area contributed by atoms with Crippen molar-refractivity contribution in [1.82, 2.24) is 10.2 Å². The van der Waals surface area contributed by atoms with Crippen LogP contribution in [0.1, 0.15) is 37.7 Å². The number of likely N-dealkylation sites (tertiary alicyclic amines) is 1. The SMILES string of the molecule is CC(=O)NC(F)(F)C1CCN(C2CC2c2ccc(F)cc2)C(F)C1. The first kappa shape index (κ1) is 17.2. The van der Waals surface area contributed by atoms with Gasteiger partial charge >= 0.3 is 6.05 Å². The van der Waals surface area contributed by atoms with Gasteiger partial charge in [-0.1, -0.05) is 12.1 Å². The van der Waals surface area contributed by atoms with Gasteiger partial charge in [0.25, 0.3) is 0 Å². The van der Waals surface area contributed by atoms with Crippen LogP contribution in [-0.2, 0) is 4.79 Å². The van der Waals surface area contributed by atoms with E-state index in [9.17, 15) is 22.4 Å². The molecule has 2 aliphatic rings. The summed E-state index contributed by atoms with van der Waals surface area (Å²) in [6.45, 7) is 1.25. The minimum atomic E-state index is -3.39. The molecule has 0 radical (unpaired) electrons. The van der Waals surface area contributed by atoms with Crippen molar-refractivity contribution in [3.8, 4) is 0 Å². The highest BCUT2D eigenvalue weighted by molar-refractivity contribution is 5.73. The number of nitrogens with one attached hydrogen (secondary N) is 1. The molecule has 1 aromatic rings. The molecule has 0 aromatic heterocycles. The molecule has 1 amide bonds. The molecule has 7 heteroatoms. The fraction of sp³-hybridized carbons (Fsp3) is 0.588. The van der Waals surface area contributed by atoms with Crippen molar-refractivity contribution < 1.29 is 22.4 Å². The second-order valence-electron chi connectivity index (χ2n) is 6.66. The first-order valence-electron chi connectivity index (χ1n) is 8.10. The summed E-state index contributed by atoms with van der Waals surface area (Å²) in [6.07, 6.45) is -0.891. The van der Waals surface area contributed by atoms with Gasteiger partial charge in [-0.05, 0) is 30.5 Å². The predicted octanol–water partition coefficient (Wildman–Crippen LogP) is 3.42. The number of halogens is 4. The summed E-state index contributed by atoms with van der Waals surface area (Å²) in [4.78, 5) is 12.5. The van der Waals surface area contributed by atoms with E-state index >= 15 is 0 Å². The van der Waals surface area contributed by atoms with E-state index in [2.05, 4.69) is 0 Å². The summed E-state index contributed by atoms with van der Waals surface area (Å²) in [6, 6.07) is 2.70. The van der Waals surface area contributed by atoms with Crippen molar-refractivity contribution in [3.63, 3.8) is 0 Å². The highest BCUT2D eigenvalue weighted by Crippen LogP contribution is 2.48. The molecular weight excluding hydrogens is 324 g/mol. The molecule has 4 unspecified atom stereocenters. The highest BCUT2D eigenvalue weighted by Gasteiger charge is 2.51. The Morgan fingerprint density at radius 1 is 1.25 bits per heavy atom. The van der Waals surface area contributed by atoms with Crippen LogP contribution in [0.25, 0.3) is 0 Å². The second kappa shape index (κ2) is 6.35. The lowest BCUT2D eigenvalue weighted by Crippen LogP contribution is -2.52. The number of hydrogen-bond acceptors (Lipinski definition) is 2. The molecule has 3 rings (SSSR count). The molecule has 1 saturated carbocycles. The van der Waals surface area contributed by atoms with Crippen LogP contribution in [0, 0.1) is 11.7 Å². The number of amides is 1. The number of rotatable bonds is 4. The molecule has 1 saturated heterocycles. The number of carbonyl (C=O) groups is 1. The zero-order valence-corrected chi connectivity index (χ0v) is 13.3. The summed E-state index contributed by atoms with van der Waals surface area (Å²) in [7, 11) is 0. The molecule has 132 valence electrons. The predicted molar refractivity (Wildman–Crippen MR) is 80.6 cm³/mol. The van der Waals surface area contributed by atoms with Gasteiger partial charge in [0, 0.05) is 37.8 Å². The van der Waals surface area contributed by atoms with E-state index in [1.807, 2.05) is 0 Å². The van der Waals surface area contributed by atoms with Gasteiger partial charge in [-0.15, -0.1) is 0 Å². The number of benzene rings is 1. The Morgan fingerprint density at radius 3 is 2.50 bits per heavy atom. The van der Waals surface area contributed by atoms with E-state index in [4.69, 9.17) is 0 Å². The number of nitrogens with zero attached hydrogens (tertiary/aromatic N) is 1. The van der Waals surface area contributed by atoms with Gasteiger partial charge in [0.15, 0.2) is 6.30 Å². The molecule has 0 spiro atoms. The van der Waals surface area contributed by atoms with Crippen LogP contribution < -0.4 is 5.32 Å². The molecule has 2 fully saturated rings. The van der Waals surface area contributed by atoms with Crippen molar-refractivity contribution in [2.45, 2.75) is 50.5 Å². The Morgan fingerprint density at radius 2 is 1.92 bits per heavy atom. The van der Waals surface area contributed by atoms with Crippen molar-refractivity contribution >= 4 is 5.91 Å². The molecule has 0 bridgehead atoms. The zero-order chi connectivity index (χ0) is 17.5. The van der Waals surface area contributed by atoms with Gasteiger partial charge in [0.2, 0.25) is 5.91 Å². The van der Waals surface area contributed by atoms with Crippen molar-refractivity contribution in [3.05, 3.63) is 35.6 Å². The number of alkyl halides is 3. The van der Waals surface area contributed by atoms with E-state index in [1.165, 1.54) is 12.1 Å². The lowest BCUT2D eigenvalue weighted by atomic mass is 9.93. The molecule has 1 aromatic carbocycles. The summed E-state index contributed by atoms with van der Waals surface area (Å²) in [5.41, 5.74) is 0.944. The summed E-state index contributed by atoms with van der Waals surface area (Å²) < 4.78 is 55.2. The van der Waals surface area contributed by atoms with Crippen LogP contribution in [0.5, 0.6) is 0 Å². The maximum absolute atomic E-state index is 14.4. The quantitative estimate of drug-likeness (QED) is 0.671. The largest absolute Gasteiger partial charge is 0.328 e. The van der Waals surface area contributed by atoms with E-state index in [0.29, 0.717) is 0 Å². The van der Waals surface area contributed by atoms with Gasteiger partial charge in [0.1, 0.15) is 5.82 Å². The van der Waals surface area contributed by atoms with E-state index in [1.54, 1.807) is 22.3 Å². The number of hydrogen-bond donors (Lipinski definition) is 1. The third-order valence-corrected chi connectivity index (χ3v) is 4.91. The average molecular weight is 344 g/mol. The number of piperidine rings is 1. The lowest BCUT2D eigenvalue weighted by Gasteiger charge is -2.38. The maximum atomic E-state index is 14.4. The molecule has 4 atom stereocenters. The van der Waals surface area contributed by atoms with Gasteiger partial charge < -0.3 is 0 Å². The topological polar surface area (TPSA) is 32.3 Å². The molecule has 1 N–H and O–H groups in total. The monoisotopic (exact) mass is 344 g/mol. The van der Waals surface area contributed by atoms with Crippen LogP contribution in [0.4, 0.5) is 17.6 Å². The Hall–Kier alpha value is -1.63. The van der Waals surface area contributed by atoms with E-state index in [-0.39, 0.29) is 37.2 Å². The Bertz CT molecular complexity index is 607. The Labute approximate surface area is 138 Å². The van der Waals surface area contributed by atoms with Crippen molar-refractivity contribution in [2.75, 3.05) is 6.54 Å². The Balaban J connectivity index is 1.59. The summed E-state index contributed by atoms with van der Waals surface area (Å²) in [5, 5.41) is 1.62. The maximum Gasteiger partial charge on any atom is 0.328 e. The molecular formula is C17H20F4N2O. The van der Waals surface area contributed by atoms with Crippen LogP contribution in [0.15, 0.2) is 24.3 Å². The average Bonchev–Trinajstić information content (AvgIpc) is 3.27. The zero-order valence-electron chi connectivity index (χ0n) is 13.3. The van der Waals surface area contributed by atoms with Crippen LogP contribution in [-0.4, -0.2) is 35.7 Å². The number of carbonyl (C=O) groups excluding carboxylic acids is 1. The normalized spacial score (nSPS) is 30.9. The molecule has 24 heavy (non-hydrogen) atoms. The third-order valence-electron chi connectivity index (χ3n) is 4.91. The van der Waals surface area contributed by atoms with Crippen LogP contribution in [0.2, 0.25) is 0 Å². The summed E-state index contributed by atoms with van der Waals surface area (Å²) in [5.74, 6) is -2.22. The van der Waals surface area contributed by atoms with Gasteiger partial charge in [0.05, 0.1) is 0 Å². The lowest BCUT2D eigenvalue weighted by molar-refractivity contribution is -0.150. The Kier molecular flexibility index (Phi) is 4.55.